The molecular formula is C61H61N4O3P+2. The molecule has 1 spiro atoms. The van der Waals surface area contributed by atoms with E-state index in [1.54, 1.807) is 0 Å². The molecule has 1 atom stereocenters. The first-order valence-corrected chi connectivity index (χ1v) is 25.9. The predicted molar refractivity (Wildman–Crippen MR) is 280 cm³/mol. The Bertz CT molecular complexity index is 3720. The van der Waals surface area contributed by atoms with E-state index in [1.807, 2.05) is 53.7 Å². The van der Waals surface area contributed by atoms with Crippen LogP contribution in [0.15, 0.2) is 127 Å². The molecule has 0 bridgehead atoms. The molecule has 0 saturated heterocycles. The highest BCUT2D eigenvalue weighted by molar-refractivity contribution is 7.62. The fraction of sp³-hybridized carbons (Fsp3) is 0.279. The second kappa shape index (κ2) is 14.4. The van der Waals surface area contributed by atoms with Crippen LogP contribution in [0.3, 0.4) is 0 Å². The summed E-state index contributed by atoms with van der Waals surface area (Å²) < 4.78 is 38.2. The topological polar surface area (TPSA) is 51.4 Å². The highest BCUT2D eigenvalue weighted by atomic mass is 31.2. The third kappa shape index (κ3) is 6.03. The van der Waals surface area contributed by atoms with Crippen molar-refractivity contribution in [1.82, 2.24) is 9.13 Å². The van der Waals surface area contributed by atoms with Gasteiger partial charge in [-0.1, -0.05) is 80.4 Å². The zero-order valence-electron chi connectivity index (χ0n) is 42.4. The van der Waals surface area contributed by atoms with E-state index in [2.05, 4.69) is 177 Å². The summed E-state index contributed by atoms with van der Waals surface area (Å²) in [6.45, 7) is 29.4. The lowest BCUT2D eigenvalue weighted by atomic mass is 9.87. The van der Waals surface area contributed by atoms with Gasteiger partial charge in [-0.3, -0.25) is 13.6 Å². The van der Waals surface area contributed by atoms with Crippen molar-refractivity contribution in [2.24, 2.45) is 0 Å². The molecule has 6 aromatic rings. The fourth-order valence-electron chi connectivity index (χ4n) is 12.7. The number of nitrogens with zero attached hydrogens (tertiary/aromatic N) is 4. The van der Waals surface area contributed by atoms with E-state index >= 15 is 0 Å². The maximum absolute atomic E-state index is 14.9. The number of hydrogen-bond acceptors (Lipinski definition) is 3. The van der Waals surface area contributed by atoms with E-state index in [4.69, 9.17) is 9.05 Å². The van der Waals surface area contributed by atoms with Crippen LogP contribution in [0.1, 0.15) is 120 Å². The van der Waals surface area contributed by atoms with Crippen LogP contribution in [0.25, 0.3) is 22.3 Å². The van der Waals surface area contributed by atoms with Crippen molar-refractivity contribution >= 4 is 46.6 Å². The third-order valence-electron chi connectivity index (χ3n) is 14.5. The Morgan fingerprint density at radius 3 is 1.46 bits per heavy atom. The van der Waals surface area contributed by atoms with Crippen LogP contribution in [0, 0.1) is 55.4 Å². The van der Waals surface area contributed by atoms with Crippen molar-refractivity contribution in [2.45, 2.75) is 114 Å². The maximum atomic E-state index is 14.9. The molecule has 6 aliphatic heterocycles. The Hall–Kier alpha value is -6.37. The van der Waals surface area contributed by atoms with Gasteiger partial charge in [0.25, 0.3) is 0 Å². The first kappa shape index (κ1) is 43.9. The molecule has 7 nitrogen and oxygen atoms in total. The van der Waals surface area contributed by atoms with Gasteiger partial charge in [0.2, 0.25) is 22.8 Å². The first-order chi connectivity index (χ1) is 32.6. The van der Waals surface area contributed by atoms with Gasteiger partial charge in [-0.25, -0.2) is 0 Å². The quantitative estimate of drug-likeness (QED) is 0.118. The number of aromatic nitrogens is 2. The first-order valence-electron chi connectivity index (χ1n) is 24.4. The molecule has 8 heteroatoms. The molecule has 8 heterocycles. The molecule has 0 N–H and O–H groups in total. The van der Waals surface area contributed by atoms with Crippen LogP contribution in [0.5, 0.6) is 0 Å². The van der Waals surface area contributed by atoms with Crippen molar-refractivity contribution in [3.63, 3.8) is 0 Å². The standard InChI is InChI=1S/C61H61N4O3P/c1-34-15-20-44(37(4)29-34)56-47-23-21-45-55(42-16-18-43(19-17-42)69(66,67-59(9,10)11)68-60(12,13)14)46-22-25-49-57(53-38(5)30-35(2)31-39(53)6)51-27-28-52-58(54-40(7)32-36(3)33-41(54)8)50-26-24-48(56)64(50)61(62(45)47,63(46)49)65(51)52/h15-33H,1-14H3/q+2/t61-/m0/s1. The number of allylic oxidation sites excluding steroid dienone is 4. The molecule has 0 unspecified atom stereocenters. The summed E-state index contributed by atoms with van der Waals surface area (Å²) in [5, 5.41) is 2.79. The third-order valence-corrected chi connectivity index (χ3v) is 17.0. The Balaban J connectivity index is 1.25. The average Bonchev–Trinajstić information content (AvgIpc) is 4.07. The summed E-state index contributed by atoms with van der Waals surface area (Å²) in [5.41, 5.74) is 25.1. The van der Waals surface area contributed by atoms with Gasteiger partial charge in [0.15, 0.2) is 0 Å². The molecule has 6 aliphatic rings. The number of rotatable bonds is 7. The summed E-state index contributed by atoms with van der Waals surface area (Å²) in [6.07, 6.45) is 9.46. The van der Waals surface area contributed by atoms with Crippen LogP contribution in [-0.4, -0.2) is 40.9 Å². The van der Waals surface area contributed by atoms with E-state index in [-0.39, 0.29) is 0 Å². The highest BCUT2D eigenvalue weighted by Gasteiger charge is 2.73. The van der Waals surface area contributed by atoms with E-state index in [0.717, 1.165) is 33.2 Å². The van der Waals surface area contributed by atoms with Gasteiger partial charge < -0.3 is 0 Å². The monoisotopic (exact) mass is 928 g/mol. The lowest BCUT2D eigenvalue weighted by Crippen LogP contribution is -2.71. The van der Waals surface area contributed by atoms with Gasteiger partial charge in [-0.2, -0.15) is 9.13 Å². The van der Waals surface area contributed by atoms with Crippen LogP contribution in [-0.2, 0) is 19.5 Å². The Labute approximate surface area is 406 Å². The van der Waals surface area contributed by atoms with Crippen molar-refractivity contribution in [2.75, 3.05) is 0 Å². The van der Waals surface area contributed by atoms with E-state index in [1.165, 1.54) is 101 Å². The number of aryl methyl sites for hydroxylation is 8. The van der Waals surface area contributed by atoms with E-state index < -0.39 is 24.7 Å². The van der Waals surface area contributed by atoms with Crippen molar-refractivity contribution in [1.29, 1.82) is 0 Å². The highest BCUT2D eigenvalue weighted by Crippen LogP contribution is 2.56. The molecule has 0 saturated carbocycles. The van der Waals surface area contributed by atoms with Crippen LogP contribution in [0.2, 0.25) is 0 Å². The number of hydrogen-bond donors (Lipinski definition) is 0. The maximum Gasteiger partial charge on any atom is 0.553 e. The molecule has 0 fully saturated rings. The van der Waals surface area contributed by atoms with E-state index in [0.29, 0.717) is 5.30 Å². The van der Waals surface area contributed by atoms with Crippen LogP contribution in [0.4, 0.5) is 0 Å². The second-order valence-corrected chi connectivity index (χ2v) is 24.1. The lowest BCUT2D eigenvalue weighted by Gasteiger charge is -2.41. The van der Waals surface area contributed by atoms with Gasteiger partial charge in [-0.15, -0.1) is 0 Å². The predicted octanol–water partition coefficient (Wildman–Crippen LogP) is 11.3. The van der Waals surface area contributed by atoms with Crippen LogP contribution >= 0.6 is 7.60 Å². The van der Waals surface area contributed by atoms with Crippen LogP contribution < -0.4 is 16.0 Å². The van der Waals surface area contributed by atoms with E-state index in [9.17, 15) is 4.57 Å². The molecule has 4 aromatic carbocycles. The van der Waals surface area contributed by atoms with Gasteiger partial charge in [0.05, 0.1) is 60.9 Å². The van der Waals surface area contributed by atoms with Gasteiger partial charge in [-0.05, 0) is 183 Å². The minimum atomic E-state index is -3.75. The van der Waals surface area contributed by atoms with Gasteiger partial charge >= 0.3 is 13.5 Å². The normalized spacial score (nSPS) is 18.7. The van der Waals surface area contributed by atoms with Gasteiger partial charge in [0, 0.05) is 24.3 Å². The second-order valence-electron chi connectivity index (χ2n) is 22.2. The minimum Gasteiger partial charge on any atom is -0.299 e. The zero-order valence-corrected chi connectivity index (χ0v) is 43.3. The zero-order chi connectivity index (χ0) is 48.6. The Morgan fingerprint density at radius 2 is 0.942 bits per heavy atom. The summed E-state index contributed by atoms with van der Waals surface area (Å²) in [4.78, 5) is 0. The lowest BCUT2D eigenvalue weighted by molar-refractivity contribution is -0.834. The largest absolute Gasteiger partial charge is 0.553 e. The minimum absolute atomic E-state index is 0.532. The summed E-state index contributed by atoms with van der Waals surface area (Å²) in [7, 11) is -3.75. The summed E-state index contributed by atoms with van der Waals surface area (Å²) in [5.74, 6) is -0.918. The number of benzene rings is 4. The van der Waals surface area contributed by atoms with Crippen molar-refractivity contribution in [3.8, 4) is 0 Å². The summed E-state index contributed by atoms with van der Waals surface area (Å²) >= 11 is 0. The van der Waals surface area contributed by atoms with Crippen molar-refractivity contribution in [3.05, 3.63) is 216 Å². The fourth-order valence-corrected chi connectivity index (χ4v) is 14.9. The molecule has 12 rings (SSSR count). The molecule has 0 amide bonds. The molecule has 2 aromatic heterocycles. The Morgan fingerprint density at radius 1 is 0.478 bits per heavy atom. The molecule has 69 heavy (non-hydrogen) atoms. The SMILES string of the molecule is Cc1ccc(C2=C3C=CC4=[N+]3[C@]35n6c2ccc6C(c2c(C)cc(C)cc2C)=C2C=CC(=[N+]23)C(c2c(C)cc(C)cc2C)=c2ccc(n25)=C4c2ccc(P(=O)(OC(C)(C)C)OC(C)(C)C)cc2)c(C)c1. The summed E-state index contributed by atoms with van der Waals surface area (Å²) in [6, 6.07) is 33.8. The van der Waals surface area contributed by atoms with Crippen molar-refractivity contribution < 1.29 is 22.8 Å². The molecule has 0 aliphatic carbocycles. The smallest absolute Gasteiger partial charge is 0.299 e. The molecular weight excluding hydrogens is 868 g/mol. The molecule has 346 valence electrons. The molecule has 0 radical (unpaired) electrons. The average molecular weight is 929 g/mol. The Kier molecular flexibility index (Phi) is 9.13. The van der Waals surface area contributed by atoms with Gasteiger partial charge in [0.1, 0.15) is 0 Å².